The van der Waals surface area contributed by atoms with Gasteiger partial charge in [-0.25, -0.2) is 4.79 Å². The number of halogens is 2. The van der Waals surface area contributed by atoms with E-state index in [1.54, 1.807) is 12.1 Å². The highest BCUT2D eigenvalue weighted by Crippen LogP contribution is 2.20. The Hall–Kier alpha value is -2.50. The molecule has 0 bridgehead atoms. The Morgan fingerprint density at radius 3 is 2.37 bits per heavy atom. The van der Waals surface area contributed by atoms with Crippen LogP contribution in [0.1, 0.15) is 10.4 Å². The lowest BCUT2D eigenvalue weighted by Crippen LogP contribution is -2.10. The van der Waals surface area contributed by atoms with Crippen LogP contribution in [0.3, 0.4) is 0 Å². The molecular weight excluding hydrogens is 256 g/mol. The van der Waals surface area contributed by atoms with Gasteiger partial charge in [0.1, 0.15) is 11.5 Å². The van der Waals surface area contributed by atoms with E-state index in [0.29, 0.717) is 5.75 Å². The minimum Gasteiger partial charge on any atom is -0.497 e. The molecule has 0 fully saturated rings. The third-order valence-corrected chi connectivity index (χ3v) is 2.25. The van der Waals surface area contributed by atoms with Crippen molar-refractivity contribution in [2.24, 2.45) is 0 Å². The summed E-state index contributed by atoms with van der Waals surface area (Å²) in [6.45, 7) is 0. The Bertz CT molecular complexity index is 596. The van der Waals surface area contributed by atoms with Gasteiger partial charge in [0.2, 0.25) is 11.9 Å². The average Bonchev–Trinajstić information content (AvgIpc) is 2.37. The molecule has 6 heteroatoms. The van der Waals surface area contributed by atoms with Crippen LogP contribution in [-0.2, 0) is 0 Å². The number of methoxy groups -OCH3 is 1. The normalized spacial score (nSPS) is 10.1. The van der Waals surface area contributed by atoms with Crippen molar-refractivity contribution in [1.29, 1.82) is 0 Å². The number of carbonyl (C=O) groups excluding carboxylic acids is 1. The van der Waals surface area contributed by atoms with Crippen molar-refractivity contribution in [3.8, 4) is 11.5 Å². The number of rotatable bonds is 3. The van der Waals surface area contributed by atoms with E-state index < -0.39 is 17.9 Å². The minimum atomic E-state index is -1.09. The van der Waals surface area contributed by atoms with Gasteiger partial charge in [-0.3, -0.25) is 0 Å². The molecule has 2 aromatic rings. The largest absolute Gasteiger partial charge is 0.497 e. The van der Waals surface area contributed by atoms with E-state index in [9.17, 15) is 13.6 Å². The molecule has 19 heavy (non-hydrogen) atoms. The molecule has 0 spiro atoms. The van der Waals surface area contributed by atoms with Crippen molar-refractivity contribution in [2.45, 2.75) is 0 Å². The Morgan fingerprint density at radius 2 is 1.74 bits per heavy atom. The van der Waals surface area contributed by atoms with Crippen molar-refractivity contribution in [1.82, 2.24) is 4.98 Å². The highest BCUT2D eigenvalue weighted by Gasteiger charge is 2.12. The predicted octanol–water partition coefficient (Wildman–Crippen LogP) is 2.59. The molecule has 0 saturated carbocycles. The average molecular weight is 265 g/mol. The van der Waals surface area contributed by atoms with Gasteiger partial charge in [-0.1, -0.05) is 6.07 Å². The summed E-state index contributed by atoms with van der Waals surface area (Å²) in [7, 11) is 1.47. The SMILES string of the molecule is COc1cccc(OC(=O)c2cc(F)nc(F)c2)c1. The van der Waals surface area contributed by atoms with Crippen LogP contribution in [0.5, 0.6) is 11.5 Å². The van der Waals surface area contributed by atoms with Crippen LogP contribution in [-0.4, -0.2) is 18.1 Å². The fourth-order valence-corrected chi connectivity index (χ4v) is 1.41. The van der Waals surface area contributed by atoms with Crippen LogP contribution in [0.25, 0.3) is 0 Å². The fraction of sp³-hybridized carbons (Fsp3) is 0.0769. The van der Waals surface area contributed by atoms with Crippen LogP contribution in [0.4, 0.5) is 8.78 Å². The van der Waals surface area contributed by atoms with Gasteiger partial charge in [0.25, 0.3) is 0 Å². The summed E-state index contributed by atoms with van der Waals surface area (Å²) in [6.07, 6.45) is 0. The van der Waals surface area contributed by atoms with Crippen molar-refractivity contribution < 1.29 is 23.0 Å². The monoisotopic (exact) mass is 265 g/mol. The summed E-state index contributed by atoms with van der Waals surface area (Å²) in [5, 5.41) is 0. The number of nitrogens with zero attached hydrogens (tertiary/aromatic N) is 1. The molecule has 0 aliphatic carbocycles. The quantitative estimate of drug-likeness (QED) is 0.486. The molecule has 1 aromatic heterocycles. The Kier molecular flexibility index (Phi) is 3.70. The van der Waals surface area contributed by atoms with Crippen LogP contribution in [0, 0.1) is 11.9 Å². The fourth-order valence-electron chi connectivity index (χ4n) is 1.41. The number of esters is 1. The number of aromatic nitrogens is 1. The standard InChI is InChI=1S/C13H9F2NO3/c1-18-9-3-2-4-10(7-9)19-13(17)8-5-11(14)16-12(15)6-8/h2-7H,1H3. The predicted molar refractivity (Wildman–Crippen MR) is 62.1 cm³/mol. The van der Waals surface area contributed by atoms with E-state index in [0.717, 1.165) is 12.1 Å². The second-order valence-corrected chi connectivity index (χ2v) is 3.57. The van der Waals surface area contributed by atoms with E-state index in [2.05, 4.69) is 4.98 Å². The summed E-state index contributed by atoms with van der Waals surface area (Å²) in [6, 6.07) is 7.88. The van der Waals surface area contributed by atoms with E-state index in [1.807, 2.05) is 0 Å². The van der Waals surface area contributed by atoms with Gasteiger partial charge in [-0.05, 0) is 12.1 Å². The van der Waals surface area contributed by atoms with Crippen molar-refractivity contribution in [2.75, 3.05) is 7.11 Å². The Labute approximate surface area is 107 Å². The maximum absolute atomic E-state index is 12.9. The van der Waals surface area contributed by atoms with E-state index in [4.69, 9.17) is 9.47 Å². The maximum atomic E-state index is 12.9. The molecular formula is C13H9F2NO3. The molecule has 4 nitrogen and oxygen atoms in total. The molecule has 98 valence electrons. The molecule has 2 rings (SSSR count). The van der Waals surface area contributed by atoms with Gasteiger partial charge >= 0.3 is 5.97 Å². The number of hydrogen-bond donors (Lipinski definition) is 0. The molecule has 0 unspecified atom stereocenters. The lowest BCUT2D eigenvalue weighted by molar-refractivity contribution is 0.0733. The lowest BCUT2D eigenvalue weighted by atomic mass is 10.2. The summed E-state index contributed by atoms with van der Waals surface area (Å²) in [4.78, 5) is 14.6. The molecule has 0 atom stereocenters. The zero-order valence-electron chi connectivity index (χ0n) is 9.89. The van der Waals surface area contributed by atoms with Gasteiger partial charge in [0.05, 0.1) is 12.7 Å². The van der Waals surface area contributed by atoms with Crippen LogP contribution < -0.4 is 9.47 Å². The van der Waals surface area contributed by atoms with Gasteiger partial charge < -0.3 is 9.47 Å². The topological polar surface area (TPSA) is 48.4 Å². The highest BCUT2D eigenvalue weighted by molar-refractivity contribution is 5.90. The first kappa shape index (κ1) is 12.9. The van der Waals surface area contributed by atoms with Crippen molar-refractivity contribution in [3.05, 3.63) is 53.9 Å². The van der Waals surface area contributed by atoms with E-state index >= 15 is 0 Å². The van der Waals surface area contributed by atoms with Crippen LogP contribution >= 0.6 is 0 Å². The third-order valence-electron chi connectivity index (χ3n) is 2.25. The van der Waals surface area contributed by atoms with Crippen LogP contribution in [0.2, 0.25) is 0 Å². The van der Waals surface area contributed by atoms with Gasteiger partial charge in [0.15, 0.2) is 0 Å². The number of pyridine rings is 1. The Balaban J connectivity index is 2.20. The first-order valence-electron chi connectivity index (χ1n) is 5.28. The third kappa shape index (κ3) is 3.25. The molecule has 0 radical (unpaired) electrons. The van der Waals surface area contributed by atoms with Crippen molar-refractivity contribution >= 4 is 5.97 Å². The molecule has 0 aliphatic heterocycles. The summed E-state index contributed by atoms with van der Waals surface area (Å²) >= 11 is 0. The van der Waals surface area contributed by atoms with E-state index in [1.165, 1.54) is 19.2 Å². The first-order chi connectivity index (χ1) is 9.08. The summed E-state index contributed by atoms with van der Waals surface area (Å²) in [5.41, 5.74) is -0.257. The molecule has 1 heterocycles. The van der Waals surface area contributed by atoms with Gasteiger partial charge in [0, 0.05) is 18.2 Å². The van der Waals surface area contributed by atoms with Crippen LogP contribution in [0.15, 0.2) is 36.4 Å². The number of ether oxygens (including phenoxy) is 2. The van der Waals surface area contributed by atoms with E-state index in [-0.39, 0.29) is 11.3 Å². The maximum Gasteiger partial charge on any atom is 0.343 e. The van der Waals surface area contributed by atoms with Crippen molar-refractivity contribution in [3.63, 3.8) is 0 Å². The second kappa shape index (κ2) is 5.43. The number of hydrogen-bond acceptors (Lipinski definition) is 4. The zero-order chi connectivity index (χ0) is 13.8. The number of benzene rings is 1. The number of carbonyl (C=O) groups is 1. The molecule has 0 amide bonds. The molecule has 0 saturated heterocycles. The summed E-state index contributed by atoms with van der Waals surface area (Å²) < 4.78 is 35.7. The molecule has 1 aromatic carbocycles. The highest BCUT2D eigenvalue weighted by atomic mass is 19.1. The summed E-state index contributed by atoms with van der Waals surface area (Å²) in [5.74, 6) is -2.34. The Morgan fingerprint density at radius 1 is 1.11 bits per heavy atom. The molecule has 0 aliphatic rings. The smallest absolute Gasteiger partial charge is 0.343 e. The van der Waals surface area contributed by atoms with Gasteiger partial charge in [-0.2, -0.15) is 13.8 Å². The minimum absolute atomic E-state index is 0.210. The first-order valence-corrected chi connectivity index (χ1v) is 5.28. The lowest BCUT2D eigenvalue weighted by Gasteiger charge is -2.06. The second-order valence-electron chi connectivity index (χ2n) is 3.57. The zero-order valence-corrected chi connectivity index (χ0v) is 9.89. The van der Waals surface area contributed by atoms with Gasteiger partial charge in [-0.15, -0.1) is 0 Å². The molecule has 0 N–H and O–H groups in total.